The van der Waals surface area contributed by atoms with Crippen LogP contribution < -0.4 is 11.0 Å². The molecule has 18 heavy (non-hydrogen) atoms. The minimum absolute atomic E-state index is 0.115. The Bertz CT molecular complexity index is 535. The highest BCUT2D eigenvalue weighted by molar-refractivity contribution is 5.49. The topological polar surface area (TPSA) is 49.8 Å². The van der Waals surface area contributed by atoms with Gasteiger partial charge in [0.1, 0.15) is 0 Å². The maximum Gasteiger partial charge on any atom is 0.330 e. The summed E-state index contributed by atoms with van der Waals surface area (Å²) in [6, 6.07) is 8.41. The number of nitrogens with one attached hydrogen (secondary N) is 2. The van der Waals surface area contributed by atoms with E-state index in [0.29, 0.717) is 6.04 Å². The van der Waals surface area contributed by atoms with E-state index >= 15 is 0 Å². The number of benzene rings is 1. The number of hydrogen-bond acceptors (Lipinski definition) is 2. The molecule has 1 heterocycles. The molecule has 1 aromatic heterocycles. The van der Waals surface area contributed by atoms with Crippen molar-refractivity contribution in [2.75, 3.05) is 5.32 Å². The van der Waals surface area contributed by atoms with E-state index in [1.807, 2.05) is 24.3 Å². The van der Waals surface area contributed by atoms with Crippen LogP contribution >= 0.6 is 0 Å². The average Bonchev–Trinajstić information content (AvgIpc) is 2.83. The number of H-pyrrole nitrogens is 1. The molecular formula is C14H19N3O. The van der Waals surface area contributed by atoms with E-state index in [0.717, 1.165) is 24.2 Å². The smallest absolute Gasteiger partial charge is 0.330 e. The van der Waals surface area contributed by atoms with Crippen LogP contribution in [0.15, 0.2) is 41.5 Å². The molecule has 0 radical (unpaired) electrons. The molecule has 96 valence electrons. The summed E-state index contributed by atoms with van der Waals surface area (Å²) in [4.78, 5) is 14.1. The number of nitrogens with zero attached hydrogens (tertiary/aromatic N) is 1. The lowest BCUT2D eigenvalue weighted by atomic mass is 10.1. The first kappa shape index (κ1) is 12.5. The molecule has 0 aliphatic heterocycles. The number of anilines is 1. The van der Waals surface area contributed by atoms with Gasteiger partial charge in [-0.05, 0) is 37.1 Å². The van der Waals surface area contributed by atoms with Crippen LogP contribution in [0.5, 0.6) is 0 Å². The summed E-state index contributed by atoms with van der Waals surface area (Å²) in [5.41, 5.74) is 1.85. The van der Waals surface area contributed by atoms with Gasteiger partial charge in [0, 0.05) is 24.1 Å². The Hall–Kier alpha value is -1.97. The third-order valence-electron chi connectivity index (χ3n) is 3.15. The Labute approximate surface area is 107 Å². The standard InChI is InChI=1S/C14H19N3O/c1-3-11(4-2)16-12-5-7-13(8-6-12)17-10-9-15-14(17)18/h5-11,16H,3-4H2,1-2H3,(H,15,18). The van der Waals surface area contributed by atoms with Gasteiger partial charge in [0.15, 0.2) is 0 Å². The van der Waals surface area contributed by atoms with Crippen LogP contribution in [0.4, 0.5) is 5.69 Å². The summed E-state index contributed by atoms with van der Waals surface area (Å²) in [7, 11) is 0. The highest BCUT2D eigenvalue weighted by Gasteiger charge is 2.04. The summed E-state index contributed by atoms with van der Waals surface area (Å²) in [6.07, 6.45) is 5.58. The van der Waals surface area contributed by atoms with E-state index in [-0.39, 0.29) is 5.69 Å². The highest BCUT2D eigenvalue weighted by atomic mass is 16.1. The summed E-state index contributed by atoms with van der Waals surface area (Å²) in [5, 5.41) is 3.47. The van der Waals surface area contributed by atoms with Crippen molar-refractivity contribution in [3.63, 3.8) is 0 Å². The van der Waals surface area contributed by atoms with Crippen molar-refractivity contribution in [3.05, 3.63) is 47.1 Å². The van der Waals surface area contributed by atoms with Crippen molar-refractivity contribution >= 4 is 5.69 Å². The highest BCUT2D eigenvalue weighted by Crippen LogP contribution is 2.14. The summed E-state index contributed by atoms with van der Waals surface area (Å²) < 4.78 is 1.58. The van der Waals surface area contributed by atoms with E-state index in [4.69, 9.17) is 0 Å². The van der Waals surface area contributed by atoms with Crippen molar-refractivity contribution in [3.8, 4) is 5.69 Å². The van der Waals surface area contributed by atoms with Crippen LogP contribution in [-0.2, 0) is 0 Å². The fourth-order valence-corrected chi connectivity index (χ4v) is 1.97. The molecule has 0 saturated heterocycles. The minimum Gasteiger partial charge on any atom is -0.382 e. The fourth-order valence-electron chi connectivity index (χ4n) is 1.97. The number of hydrogen-bond donors (Lipinski definition) is 2. The summed E-state index contributed by atoms with van der Waals surface area (Å²) in [6.45, 7) is 4.35. The molecule has 0 spiro atoms. The molecule has 2 rings (SSSR count). The lowest BCUT2D eigenvalue weighted by molar-refractivity contribution is 0.672. The first-order chi connectivity index (χ1) is 8.74. The Morgan fingerprint density at radius 1 is 1.22 bits per heavy atom. The van der Waals surface area contributed by atoms with E-state index in [1.165, 1.54) is 0 Å². The second kappa shape index (κ2) is 5.58. The van der Waals surface area contributed by atoms with Gasteiger partial charge in [-0.3, -0.25) is 4.57 Å². The van der Waals surface area contributed by atoms with Crippen molar-refractivity contribution in [2.24, 2.45) is 0 Å². The molecule has 4 nitrogen and oxygen atoms in total. The van der Waals surface area contributed by atoms with E-state index in [2.05, 4.69) is 24.1 Å². The largest absolute Gasteiger partial charge is 0.382 e. The zero-order valence-electron chi connectivity index (χ0n) is 10.8. The van der Waals surface area contributed by atoms with Gasteiger partial charge < -0.3 is 10.3 Å². The van der Waals surface area contributed by atoms with Crippen molar-refractivity contribution < 1.29 is 0 Å². The third kappa shape index (κ3) is 2.64. The molecule has 2 aromatic rings. The van der Waals surface area contributed by atoms with Gasteiger partial charge in [0.25, 0.3) is 0 Å². The predicted molar refractivity (Wildman–Crippen MR) is 74.4 cm³/mol. The normalized spacial score (nSPS) is 10.8. The Morgan fingerprint density at radius 3 is 2.39 bits per heavy atom. The lowest BCUT2D eigenvalue weighted by Gasteiger charge is -2.16. The van der Waals surface area contributed by atoms with Crippen molar-refractivity contribution in [1.82, 2.24) is 9.55 Å². The van der Waals surface area contributed by atoms with Crippen LogP contribution in [-0.4, -0.2) is 15.6 Å². The first-order valence-corrected chi connectivity index (χ1v) is 6.37. The number of rotatable bonds is 5. The van der Waals surface area contributed by atoms with E-state index in [1.54, 1.807) is 17.0 Å². The van der Waals surface area contributed by atoms with Gasteiger partial charge in [-0.15, -0.1) is 0 Å². The Kier molecular flexibility index (Phi) is 3.87. The first-order valence-electron chi connectivity index (χ1n) is 6.37. The van der Waals surface area contributed by atoms with Crippen LogP contribution in [0.2, 0.25) is 0 Å². The lowest BCUT2D eigenvalue weighted by Crippen LogP contribution is -2.17. The number of imidazole rings is 1. The molecule has 0 unspecified atom stereocenters. The van der Waals surface area contributed by atoms with Crippen LogP contribution in [0.3, 0.4) is 0 Å². The molecule has 0 atom stereocenters. The second-order valence-electron chi connectivity index (χ2n) is 4.34. The van der Waals surface area contributed by atoms with Crippen LogP contribution in [0.1, 0.15) is 26.7 Å². The maximum atomic E-state index is 11.5. The molecule has 4 heteroatoms. The fraction of sp³-hybridized carbons (Fsp3) is 0.357. The molecule has 0 aliphatic rings. The van der Waals surface area contributed by atoms with Crippen molar-refractivity contribution in [2.45, 2.75) is 32.7 Å². The zero-order chi connectivity index (χ0) is 13.0. The molecule has 0 amide bonds. The molecule has 0 fully saturated rings. The van der Waals surface area contributed by atoms with Gasteiger partial charge in [-0.1, -0.05) is 13.8 Å². The molecule has 1 aromatic carbocycles. The molecule has 0 aliphatic carbocycles. The molecular weight excluding hydrogens is 226 g/mol. The zero-order valence-corrected chi connectivity index (χ0v) is 10.8. The maximum absolute atomic E-state index is 11.5. The van der Waals surface area contributed by atoms with Crippen LogP contribution in [0.25, 0.3) is 5.69 Å². The average molecular weight is 245 g/mol. The number of aromatic amines is 1. The predicted octanol–water partition coefficient (Wildman–Crippen LogP) is 2.77. The van der Waals surface area contributed by atoms with Crippen molar-refractivity contribution in [1.29, 1.82) is 0 Å². The molecule has 2 N–H and O–H groups in total. The Morgan fingerprint density at radius 2 is 1.89 bits per heavy atom. The van der Waals surface area contributed by atoms with Gasteiger partial charge in [-0.2, -0.15) is 0 Å². The van der Waals surface area contributed by atoms with E-state index in [9.17, 15) is 4.79 Å². The second-order valence-corrected chi connectivity index (χ2v) is 4.34. The summed E-state index contributed by atoms with van der Waals surface area (Å²) >= 11 is 0. The van der Waals surface area contributed by atoms with E-state index < -0.39 is 0 Å². The third-order valence-corrected chi connectivity index (χ3v) is 3.15. The number of aromatic nitrogens is 2. The van der Waals surface area contributed by atoms with Gasteiger partial charge >= 0.3 is 5.69 Å². The molecule has 0 saturated carbocycles. The monoisotopic (exact) mass is 245 g/mol. The quantitative estimate of drug-likeness (QED) is 0.851. The van der Waals surface area contributed by atoms with Crippen LogP contribution in [0, 0.1) is 0 Å². The summed E-state index contributed by atoms with van der Waals surface area (Å²) in [5.74, 6) is 0. The SMILES string of the molecule is CCC(CC)Nc1ccc(-n2cc[nH]c2=O)cc1. The minimum atomic E-state index is -0.115. The Balaban J connectivity index is 2.15. The molecule has 0 bridgehead atoms. The van der Waals surface area contributed by atoms with Gasteiger partial charge in [0.2, 0.25) is 0 Å². The van der Waals surface area contributed by atoms with Gasteiger partial charge in [-0.25, -0.2) is 4.79 Å². The van der Waals surface area contributed by atoms with Gasteiger partial charge in [0.05, 0.1) is 5.69 Å².